The van der Waals surface area contributed by atoms with Crippen molar-refractivity contribution in [3.05, 3.63) is 0 Å². The third-order valence-corrected chi connectivity index (χ3v) is 4.76. The van der Waals surface area contributed by atoms with Crippen molar-refractivity contribution >= 4 is 0 Å². The van der Waals surface area contributed by atoms with E-state index in [0.717, 1.165) is 19.0 Å². The number of alkyl halides is 1. The van der Waals surface area contributed by atoms with Crippen LogP contribution in [0.15, 0.2) is 0 Å². The number of rotatable bonds is 5. The lowest BCUT2D eigenvalue weighted by molar-refractivity contribution is 0.0801. The van der Waals surface area contributed by atoms with Crippen molar-refractivity contribution in [1.82, 2.24) is 14.7 Å². The maximum Gasteiger partial charge on any atom is 0.102 e. The second kappa shape index (κ2) is 7.55. The van der Waals surface area contributed by atoms with E-state index in [0.29, 0.717) is 12.6 Å². The van der Waals surface area contributed by atoms with E-state index in [9.17, 15) is 4.39 Å². The number of piperazine rings is 1. The zero-order chi connectivity index (χ0) is 13.7. The van der Waals surface area contributed by atoms with Gasteiger partial charge in [0.15, 0.2) is 0 Å². The molecule has 2 rings (SSSR count). The average Bonchev–Trinajstić information content (AvgIpc) is 2.42. The number of nitrogens with zero attached hydrogens (tertiary/aromatic N) is 3. The molecule has 19 heavy (non-hydrogen) atoms. The Balaban J connectivity index is 1.64. The normalized spacial score (nSPS) is 25.3. The number of hydrogen-bond acceptors (Lipinski definition) is 3. The summed E-state index contributed by atoms with van der Waals surface area (Å²) in [5.41, 5.74) is 0. The first-order chi connectivity index (χ1) is 9.19. The van der Waals surface area contributed by atoms with E-state index in [1.165, 1.54) is 45.6 Å². The number of hydrogen-bond donors (Lipinski definition) is 0. The molecule has 0 aromatic carbocycles. The zero-order valence-electron chi connectivity index (χ0n) is 12.7. The summed E-state index contributed by atoms with van der Waals surface area (Å²) >= 11 is 0. The highest BCUT2D eigenvalue weighted by molar-refractivity contribution is 4.79. The Morgan fingerprint density at radius 3 is 2.11 bits per heavy atom. The molecule has 0 aromatic rings. The van der Waals surface area contributed by atoms with E-state index >= 15 is 0 Å². The van der Waals surface area contributed by atoms with Crippen LogP contribution in [0.4, 0.5) is 4.39 Å². The van der Waals surface area contributed by atoms with Crippen LogP contribution in [0, 0.1) is 5.92 Å². The molecular weight excluding hydrogens is 241 g/mol. The van der Waals surface area contributed by atoms with Crippen LogP contribution in [-0.4, -0.2) is 79.8 Å². The highest BCUT2D eigenvalue weighted by atomic mass is 19.1. The summed E-state index contributed by atoms with van der Waals surface area (Å²) in [5.74, 6) is 0.835. The van der Waals surface area contributed by atoms with E-state index in [-0.39, 0.29) is 6.67 Å². The molecule has 3 nitrogen and oxygen atoms in total. The molecule has 2 fully saturated rings. The van der Waals surface area contributed by atoms with Crippen molar-refractivity contribution in [2.45, 2.75) is 32.7 Å². The molecule has 2 aliphatic rings. The molecule has 2 aliphatic heterocycles. The average molecular weight is 271 g/mol. The SMILES string of the molecule is CC(C)N1CCN(CC2CCN(CCF)CC2)CC1. The van der Waals surface area contributed by atoms with Crippen LogP contribution >= 0.6 is 0 Å². The smallest absolute Gasteiger partial charge is 0.102 e. The summed E-state index contributed by atoms with van der Waals surface area (Å²) in [6.07, 6.45) is 2.51. The third kappa shape index (κ3) is 4.69. The molecule has 0 unspecified atom stereocenters. The van der Waals surface area contributed by atoms with Crippen LogP contribution in [0.1, 0.15) is 26.7 Å². The molecular formula is C15H30FN3. The standard InChI is InChI=1S/C15H30FN3/c1-14(2)19-11-9-18(10-12-19)13-15-3-6-17(7-4-15)8-5-16/h14-15H,3-13H2,1-2H3. The van der Waals surface area contributed by atoms with Gasteiger partial charge in [0.25, 0.3) is 0 Å². The van der Waals surface area contributed by atoms with Gasteiger partial charge in [-0.1, -0.05) is 0 Å². The van der Waals surface area contributed by atoms with E-state index < -0.39 is 0 Å². The minimum absolute atomic E-state index is 0.193. The van der Waals surface area contributed by atoms with E-state index in [2.05, 4.69) is 28.5 Å². The Hall–Kier alpha value is -0.190. The minimum Gasteiger partial charge on any atom is -0.301 e. The van der Waals surface area contributed by atoms with Gasteiger partial charge in [-0.15, -0.1) is 0 Å². The molecule has 0 aliphatic carbocycles. The van der Waals surface area contributed by atoms with Gasteiger partial charge in [-0.25, -0.2) is 4.39 Å². The van der Waals surface area contributed by atoms with Gasteiger partial charge in [-0.2, -0.15) is 0 Å². The third-order valence-electron chi connectivity index (χ3n) is 4.76. The summed E-state index contributed by atoms with van der Waals surface area (Å²) in [7, 11) is 0. The molecule has 0 atom stereocenters. The maximum atomic E-state index is 12.3. The van der Waals surface area contributed by atoms with Gasteiger partial charge in [0, 0.05) is 45.3 Å². The van der Waals surface area contributed by atoms with Gasteiger partial charge in [0.1, 0.15) is 6.67 Å². The molecule has 0 N–H and O–H groups in total. The van der Waals surface area contributed by atoms with Crippen LogP contribution in [0.5, 0.6) is 0 Å². The first-order valence-corrected chi connectivity index (χ1v) is 7.93. The van der Waals surface area contributed by atoms with Crippen molar-refractivity contribution in [3.63, 3.8) is 0 Å². The first-order valence-electron chi connectivity index (χ1n) is 7.93. The van der Waals surface area contributed by atoms with Gasteiger partial charge >= 0.3 is 0 Å². The predicted molar refractivity (Wildman–Crippen MR) is 78.3 cm³/mol. The fraction of sp³-hybridized carbons (Fsp3) is 1.00. The molecule has 0 aromatic heterocycles. The Labute approximate surface area is 117 Å². The van der Waals surface area contributed by atoms with E-state index in [4.69, 9.17) is 0 Å². The first kappa shape index (κ1) is 15.2. The quantitative estimate of drug-likeness (QED) is 0.753. The maximum absolute atomic E-state index is 12.3. The second-order valence-electron chi connectivity index (χ2n) is 6.40. The summed E-state index contributed by atoms with van der Waals surface area (Å²) < 4.78 is 12.3. The van der Waals surface area contributed by atoms with E-state index in [1.54, 1.807) is 0 Å². The van der Waals surface area contributed by atoms with Gasteiger partial charge in [-0.05, 0) is 45.7 Å². The lowest BCUT2D eigenvalue weighted by Gasteiger charge is -2.40. The summed E-state index contributed by atoms with van der Waals surface area (Å²) in [4.78, 5) is 7.47. The highest BCUT2D eigenvalue weighted by Gasteiger charge is 2.24. The fourth-order valence-electron chi connectivity index (χ4n) is 3.34. The van der Waals surface area contributed by atoms with Crippen molar-refractivity contribution < 1.29 is 4.39 Å². The molecule has 0 saturated carbocycles. The van der Waals surface area contributed by atoms with Gasteiger partial charge in [0.2, 0.25) is 0 Å². The van der Waals surface area contributed by atoms with E-state index in [1.807, 2.05) is 0 Å². The van der Waals surface area contributed by atoms with Crippen molar-refractivity contribution in [3.8, 4) is 0 Å². The van der Waals surface area contributed by atoms with Crippen molar-refractivity contribution in [2.24, 2.45) is 5.92 Å². The molecule has 0 amide bonds. The van der Waals surface area contributed by atoms with Crippen LogP contribution in [0.25, 0.3) is 0 Å². The highest BCUT2D eigenvalue weighted by Crippen LogP contribution is 2.19. The van der Waals surface area contributed by atoms with Crippen LogP contribution in [0.3, 0.4) is 0 Å². The largest absolute Gasteiger partial charge is 0.301 e. The summed E-state index contributed by atoms with van der Waals surface area (Å²) in [6, 6.07) is 0.686. The minimum atomic E-state index is -0.193. The lowest BCUT2D eigenvalue weighted by atomic mass is 9.96. The van der Waals surface area contributed by atoms with Crippen LogP contribution in [0.2, 0.25) is 0 Å². The van der Waals surface area contributed by atoms with Gasteiger partial charge in [-0.3, -0.25) is 4.90 Å². The van der Waals surface area contributed by atoms with Gasteiger partial charge < -0.3 is 9.80 Å². The predicted octanol–water partition coefficient (Wildman–Crippen LogP) is 1.69. The Bertz CT molecular complexity index is 244. The van der Waals surface area contributed by atoms with Crippen molar-refractivity contribution in [1.29, 1.82) is 0 Å². The molecule has 4 heteroatoms. The Morgan fingerprint density at radius 2 is 1.58 bits per heavy atom. The lowest BCUT2D eigenvalue weighted by Crippen LogP contribution is -2.50. The topological polar surface area (TPSA) is 9.72 Å². The van der Waals surface area contributed by atoms with Crippen LogP contribution < -0.4 is 0 Å². The number of likely N-dealkylation sites (tertiary alicyclic amines) is 1. The molecule has 0 spiro atoms. The number of piperidine rings is 1. The fourth-order valence-corrected chi connectivity index (χ4v) is 3.34. The molecule has 2 heterocycles. The molecule has 0 radical (unpaired) electrons. The Morgan fingerprint density at radius 1 is 0.947 bits per heavy atom. The summed E-state index contributed by atoms with van der Waals surface area (Å²) in [5, 5.41) is 0. The molecule has 2 saturated heterocycles. The van der Waals surface area contributed by atoms with Crippen molar-refractivity contribution in [2.75, 3.05) is 59.0 Å². The molecule has 0 bridgehead atoms. The van der Waals surface area contributed by atoms with Crippen LogP contribution in [-0.2, 0) is 0 Å². The number of halogens is 1. The molecule has 112 valence electrons. The van der Waals surface area contributed by atoms with Gasteiger partial charge in [0.05, 0.1) is 0 Å². The summed E-state index contributed by atoms with van der Waals surface area (Å²) in [6.45, 7) is 13.4. The second-order valence-corrected chi connectivity index (χ2v) is 6.40. The monoisotopic (exact) mass is 271 g/mol. The Kier molecular flexibility index (Phi) is 6.05. The zero-order valence-corrected chi connectivity index (χ0v) is 12.7.